The van der Waals surface area contributed by atoms with E-state index in [9.17, 15) is 4.79 Å². The van der Waals surface area contributed by atoms with Crippen LogP contribution in [0.3, 0.4) is 0 Å². The highest BCUT2D eigenvalue weighted by atomic mass is 79.9. The zero-order chi connectivity index (χ0) is 14.4. The largest absolute Gasteiger partial charge is 0.324 e. The number of hydrogen-bond acceptors (Lipinski definition) is 2. The van der Waals surface area contributed by atoms with Crippen molar-refractivity contribution in [2.75, 3.05) is 10.6 Å². The first-order valence-corrected chi connectivity index (χ1v) is 7.86. The number of benzene rings is 1. The first-order valence-electron chi connectivity index (χ1n) is 6.36. The smallest absolute Gasteiger partial charge is 0.224 e. The molecule has 1 aromatic carbocycles. The Hall–Kier alpha value is -1.33. The number of nitrogens with zero attached hydrogens (tertiary/aromatic N) is 2. The van der Waals surface area contributed by atoms with Gasteiger partial charge in [-0.05, 0) is 31.0 Å². The molecule has 2 rings (SSSR count). The van der Waals surface area contributed by atoms with Crippen LogP contribution in [0.25, 0.3) is 5.69 Å². The molecule has 1 aromatic heterocycles. The molecule has 0 bridgehead atoms. The summed E-state index contributed by atoms with van der Waals surface area (Å²) in [5.74, 6) is -0.0124. The summed E-state index contributed by atoms with van der Waals surface area (Å²) in [7, 11) is 0. The van der Waals surface area contributed by atoms with Crippen molar-refractivity contribution in [1.29, 1.82) is 0 Å². The van der Waals surface area contributed by atoms with Crippen LogP contribution in [0.2, 0.25) is 5.02 Å². The molecule has 20 heavy (non-hydrogen) atoms. The Balaban J connectivity index is 2.16. The Labute approximate surface area is 131 Å². The molecule has 4 nitrogen and oxygen atoms in total. The van der Waals surface area contributed by atoms with Gasteiger partial charge >= 0.3 is 0 Å². The maximum Gasteiger partial charge on any atom is 0.224 e. The van der Waals surface area contributed by atoms with E-state index in [1.807, 2.05) is 18.2 Å². The van der Waals surface area contributed by atoms with E-state index in [4.69, 9.17) is 11.6 Å². The normalized spacial score (nSPS) is 10.5. The van der Waals surface area contributed by atoms with Gasteiger partial charge in [0.15, 0.2) is 0 Å². The van der Waals surface area contributed by atoms with E-state index in [2.05, 4.69) is 26.3 Å². The van der Waals surface area contributed by atoms with Crippen molar-refractivity contribution in [3.8, 4) is 5.69 Å². The second-order valence-electron chi connectivity index (χ2n) is 4.28. The highest BCUT2D eigenvalue weighted by molar-refractivity contribution is 9.09. The van der Waals surface area contributed by atoms with Crippen LogP contribution in [0.1, 0.15) is 19.3 Å². The second kappa shape index (κ2) is 7.45. The molecule has 1 amide bonds. The van der Waals surface area contributed by atoms with Gasteiger partial charge in [0.2, 0.25) is 5.91 Å². The van der Waals surface area contributed by atoms with Crippen LogP contribution in [-0.2, 0) is 4.79 Å². The lowest BCUT2D eigenvalue weighted by molar-refractivity contribution is -0.116. The zero-order valence-corrected chi connectivity index (χ0v) is 13.2. The number of anilines is 1. The van der Waals surface area contributed by atoms with E-state index >= 15 is 0 Å². The SMILES string of the molecule is O=C(CCCCBr)Nc1cccc(Cl)c1-n1cccn1. The summed E-state index contributed by atoms with van der Waals surface area (Å²) in [4.78, 5) is 11.9. The molecule has 0 aliphatic carbocycles. The molecule has 0 saturated heterocycles. The Morgan fingerprint density at radius 3 is 2.90 bits per heavy atom. The number of nitrogens with one attached hydrogen (secondary N) is 1. The van der Waals surface area contributed by atoms with Gasteiger partial charge < -0.3 is 5.32 Å². The molecule has 2 aromatic rings. The molecular formula is C14H15BrClN3O. The first-order chi connectivity index (χ1) is 9.72. The molecule has 0 unspecified atom stereocenters. The van der Waals surface area contributed by atoms with Gasteiger partial charge in [0.1, 0.15) is 5.69 Å². The van der Waals surface area contributed by atoms with Gasteiger partial charge in [-0.1, -0.05) is 33.6 Å². The van der Waals surface area contributed by atoms with Crippen LogP contribution in [0.15, 0.2) is 36.7 Å². The lowest BCUT2D eigenvalue weighted by Gasteiger charge is -2.12. The van der Waals surface area contributed by atoms with Crippen molar-refractivity contribution < 1.29 is 4.79 Å². The average Bonchev–Trinajstić information content (AvgIpc) is 2.93. The fraction of sp³-hybridized carbons (Fsp3) is 0.286. The summed E-state index contributed by atoms with van der Waals surface area (Å²) >= 11 is 9.57. The van der Waals surface area contributed by atoms with E-state index in [0.29, 0.717) is 22.8 Å². The van der Waals surface area contributed by atoms with E-state index in [1.54, 1.807) is 23.1 Å². The predicted molar refractivity (Wildman–Crippen MR) is 84.8 cm³/mol. The third kappa shape index (κ3) is 3.84. The minimum Gasteiger partial charge on any atom is -0.324 e. The number of rotatable bonds is 6. The third-order valence-corrected chi connectivity index (χ3v) is 3.65. The molecule has 106 valence electrons. The number of unbranched alkanes of at least 4 members (excludes halogenated alkanes) is 1. The summed E-state index contributed by atoms with van der Waals surface area (Å²) in [5.41, 5.74) is 1.36. The van der Waals surface area contributed by atoms with Crippen molar-refractivity contribution in [1.82, 2.24) is 9.78 Å². The summed E-state index contributed by atoms with van der Waals surface area (Å²) in [6, 6.07) is 7.22. The van der Waals surface area contributed by atoms with Gasteiger partial charge in [-0.25, -0.2) is 4.68 Å². The molecule has 6 heteroatoms. The van der Waals surface area contributed by atoms with Crippen LogP contribution in [-0.4, -0.2) is 21.0 Å². The molecule has 1 N–H and O–H groups in total. The average molecular weight is 357 g/mol. The van der Waals surface area contributed by atoms with Gasteiger partial charge in [-0.2, -0.15) is 5.10 Å². The highest BCUT2D eigenvalue weighted by Gasteiger charge is 2.11. The van der Waals surface area contributed by atoms with E-state index < -0.39 is 0 Å². The summed E-state index contributed by atoms with van der Waals surface area (Å²) in [5, 5.41) is 8.53. The summed E-state index contributed by atoms with van der Waals surface area (Å²) in [6.07, 6.45) is 5.80. The van der Waals surface area contributed by atoms with Crippen LogP contribution in [0.5, 0.6) is 0 Å². The third-order valence-electron chi connectivity index (χ3n) is 2.78. The van der Waals surface area contributed by atoms with Crippen LogP contribution in [0.4, 0.5) is 5.69 Å². The number of hydrogen-bond donors (Lipinski definition) is 1. The number of alkyl halides is 1. The lowest BCUT2D eigenvalue weighted by atomic mass is 10.2. The summed E-state index contributed by atoms with van der Waals surface area (Å²) in [6.45, 7) is 0. The fourth-order valence-corrected chi connectivity index (χ4v) is 2.50. The maximum absolute atomic E-state index is 11.9. The molecule has 0 aliphatic heterocycles. The number of carbonyl (C=O) groups is 1. The topological polar surface area (TPSA) is 46.9 Å². The summed E-state index contributed by atoms with van der Waals surface area (Å²) < 4.78 is 1.65. The molecule has 0 aliphatic rings. The van der Waals surface area contributed by atoms with Crippen molar-refractivity contribution in [3.05, 3.63) is 41.7 Å². The van der Waals surface area contributed by atoms with Gasteiger partial charge in [0, 0.05) is 24.1 Å². The first kappa shape index (κ1) is 15.1. The Morgan fingerprint density at radius 2 is 2.20 bits per heavy atom. The van der Waals surface area contributed by atoms with E-state index in [0.717, 1.165) is 18.2 Å². The Bertz CT molecular complexity index is 572. The second-order valence-corrected chi connectivity index (χ2v) is 5.48. The number of carbonyl (C=O) groups excluding carboxylic acids is 1. The van der Waals surface area contributed by atoms with Crippen molar-refractivity contribution >= 4 is 39.1 Å². The van der Waals surface area contributed by atoms with Crippen LogP contribution < -0.4 is 5.32 Å². The van der Waals surface area contributed by atoms with E-state index in [-0.39, 0.29) is 5.91 Å². The van der Waals surface area contributed by atoms with Crippen molar-refractivity contribution in [2.45, 2.75) is 19.3 Å². The molecule has 0 fully saturated rings. The number of halogens is 2. The molecular weight excluding hydrogens is 342 g/mol. The van der Waals surface area contributed by atoms with Crippen LogP contribution >= 0.6 is 27.5 Å². The van der Waals surface area contributed by atoms with Gasteiger partial charge in [-0.15, -0.1) is 0 Å². The molecule has 1 heterocycles. The Kier molecular flexibility index (Phi) is 5.61. The molecule has 0 spiro atoms. The van der Waals surface area contributed by atoms with Gasteiger partial charge in [0.05, 0.1) is 10.7 Å². The Morgan fingerprint density at radius 1 is 1.35 bits per heavy atom. The predicted octanol–water partition coefficient (Wildman–Crippen LogP) is 4.03. The maximum atomic E-state index is 11.9. The van der Waals surface area contributed by atoms with Gasteiger partial charge in [-0.3, -0.25) is 4.79 Å². The van der Waals surface area contributed by atoms with Gasteiger partial charge in [0.25, 0.3) is 0 Å². The fourth-order valence-electron chi connectivity index (χ4n) is 1.84. The number of para-hydroxylation sites is 1. The van der Waals surface area contributed by atoms with Crippen LogP contribution in [0, 0.1) is 0 Å². The van der Waals surface area contributed by atoms with Crippen molar-refractivity contribution in [3.63, 3.8) is 0 Å². The lowest BCUT2D eigenvalue weighted by Crippen LogP contribution is -2.13. The quantitative estimate of drug-likeness (QED) is 0.627. The van der Waals surface area contributed by atoms with E-state index in [1.165, 1.54) is 0 Å². The number of aromatic nitrogens is 2. The monoisotopic (exact) mass is 355 g/mol. The minimum absolute atomic E-state index is 0.0124. The molecule has 0 radical (unpaired) electrons. The molecule has 0 atom stereocenters. The number of amides is 1. The highest BCUT2D eigenvalue weighted by Crippen LogP contribution is 2.28. The standard InChI is InChI=1S/C14H15BrClN3O/c15-8-2-1-7-13(20)18-12-6-3-5-11(16)14(12)19-10-4-9-17-19/h3-6,9-10H,1-2,7-8H2,(H,18,20). The zero-order valence-electron chi connectivity index (χ0n) is 10.9. The van der Waals surface area contributed by atoms with Crippen molar-refractivity contribution in [2.24, 2.45) is 0 Å². The minimum atomic E-state index is -0.0124. The molecule has 0 saturated carbocycles.